The van der Waals surface area contributed by atoms with Crippen molar-refractivity contribution in [2.24, 2.45) is 5.92 Å². The molecule has 1 heterocycles. The molecule has 0 spiro atoms. The SMILES string of the molecule is CN(CC1CCC(N2CCN(C(=O)OC(C)(C)C)CC2=O)CC1)c1ccc(I)cc1. The lowest BCUT2D eigenvalue weighted by molar-refractivity contribution is -0.139. The van der Waals surface area contributed by atoms with E-state index in [2.05, 4.69) is 58.8 Å². The Morgan fingerprint density at radius 3 is 2.33 bits per heavy atom. The molecule has 3 rings (SSSR count). The van der Waals surface area contributed by atoms with Crippen molar-refractivity contribution in [3.63, 3.8) is 0 Å². The number of ether oxygens (including phenoxy) is 1. The normalized spacial score (nSPS) is 22.8. The summed E-state index contributed by atoms with van der Waals surface area (Å²) in [5, 5.41) is 0. The average molecular weight is 527 g/mol. The van der Waals surface area contributed by atoms with Crippen LogP contribution >= 0.6 is 22.6 Å². The van der Waals surface area contributed by atoms with Crippen molar-refractivity contribution < 1.29 is 14.3 Å². The highest BCUT2D eigenvalue weighted by Crippen LogP contribution is 2.30. The summed E-state index contributed by atoms with van der Waals surface area (Å²) in [6, 6.07) is 8.95. The highest BCUT2D eigenvalue weighted by Gasteiger charge is 2.35. The van der Waals surface area contributed by atoms with Gasteiger partial charge < -0.3 is 14.5 Å². The molecule has 2 aliphatic rings. The maximum Gasteiger partial charge on any atom is 0.410 e. The lowest BCUT2D eigenvalue weighted by Crippen LogP contribution is -2.56. The van der Waals surface area contributed by atoms with Gasteiger partial charge in [0, 0.05) is 42.0 Å². The van der Waals surface area contributed by atoms with Crippen LogP contribution in [0.5, 0.6) is 0 Å². The Kier molecular flexibility index (Phi) is 7.52. The number of amides is 2. The highest BCUT2D eigenvalue weighted by molar-refractivity contribution is 14.1. The number of nitrogens with zero attached hydrogens (tertiary/aromatic N) is 3. The van der Waals surface area contributed by atoms with E-state index in [1.807, 2.05) is 25.7 Å². The van der Waals surface area contributed by atoms with E-state index in [9.17, 15) is 9.59 Å². The summed E-state index contributed by atoms with van der Waals surface area (Å²) in [6.45, 7) is 7.87. The van der Waals surface area contributed by atoms with Crippen LogP contribution in [0.1, 0.15) is 46.5 Å². The van der Waals surface area contributed by atoms with Gasteiger partial charge in [-0.3, -0.25) is 9.69 Å². The van der Waals surface area contributed by atoms with E-state index in [1.54, 1.807) is 0 Å². The molecule has 0 aromatic heterocycles. The Hall–Kier alpha value is -1.51. The number of rotatable bonds is 4. The van der Waals surface area contributed by atoms with Crippen molar-refractivity contribution in [3.05, 3.63) is 27.8 Å². The second-order valence-corrected chi connectivity index (χ2v) is 10.8. The Balaban J connectivity index is 1.45. The first-order chi connectivity index (χ1) is 14.1. The summed E-state index contributed by atoms with van der Waals surface area (Å²) in [5.41, 5.74) is 0.715. The fourth-order valence-corrected chi connectivity index (χ4v) is 4.74. The molecular weight excluding hydrogens is 493 g/mol. The van der Waals surface area contributed by atoms with Crippen LogP contribution in [0.4, 0.5) is 10.5 Å². The number of halogens is 1. The van der Waals surface area contributed by atoms with E-state index in [4.69, 9.17) is 4.74 Å². The minimum absolute atomic E-state index is 0.0477. The Labute approximate surface area is 194 Å². The molecule has 6 nitrogen and oxygen atoms in total. The van der Waals surface area contributed by atoms with Gasteiger partial charge in [-0.25, -0.2) is 4.79 Å². The minimum atomic E-state index is -0.541. The quantitative estimate of drug-likeness (QED) is 0.546. The van der Waals surface area contributed by atoms with Gasteiger partial charge in [-0.2, -0.15) is 0 Å². The topological polar surface area (TPSA) is 53.1 Å². The Morgan fingerprint density at radius 2 is 1.77 bits per heavy atom. The summed E-state index contributed by atoms with van der Waals surface area (Å²) < 4.78 is 6.66. The predicted octanol–water partition coefficient (Wildman–Crippen LogP) is 4.37. The molecule has 1 saturated heterocycles. The summed E-state index contributed by atoms with van der Waals surface area (Å²) >= 11 is 2.33. The van der Waals surface area contributed by atoms with E-state index in [1.165, 1.54) is 14.2 Å². The molecule has 2 fully saturated rings. The molecule has 1 aromatic carbocycles. The number of carbonyl (C=O) groups is 2. The van der Waals surface area contributed by atoms with Crippen LogP contribution in [-0.2, 0) is 9.53 Å². The second-order valence-electron chi connectivity index (χ2n) is 9.52. The molecule has 0 N–H and O–H groups in total. The molecule has 0 atom stereocenters. The van der Waals surface area contributed by atoms with E-state index in [-0.39, 0.29) is 12.5 Å². The van der Waals surface area contributed by atoms with Gasteiger partial charge in [0.15, 0.2) is 0 Å². The Bertz CT molecular complexity index is 739. The third-order valence-electron chi connectivity index (χ3n) is 5.97. The number of hydrogen-bond donors (Lipinski definition) is 0. The second kappa shape index (κ2) is 9.75. The monoisotopic (exact) mass is 527 g/mol. The molecule has 0 unspecified atom stereocenters. The van der Waals surface area contributed by atoms with Crippen LogP contribution < -0.4 is 4.90 Å². The number of piperazine rings is 1. The summed E-state index contributed by atoms with van der Waals surface area (Å²) in [5.74, 6) is 0.704. The van der Waals surface area contributed by atoms with Gasteiger partial charge in [-0.15, -0.1) is 0 Å². The molecule has 166 valence electrons. The summed E-state index contributed by atoms with van der Waals surface area (Å²) in [7, 11) is 2.16. The first kappa shape index (κ1) is 23.2. The highest BCUT2D eigenvalue weighted by atomic mass is 127. The van der Waals surface area contributed by atoms with Gasteiger partial charge in [-0.1, -0.05) is 0 Å². The van der Waals surface area contributed by atoms with Crippen LogP contribution in [-0.4, -0.2) is 66.7 Å². The molecule has 0 bridgehead atoms. The van der Waals surface area contributed by atoms with Gasteiger partial charge in [0.05, 0.1) is 0 Å². The first-order valence-electron chi connectivity index (χ1n) is 10.9. The third kappa shape index (κ3) is 6.25. The lowest BCUT2D eigenvalue weighted by Gasteiger charge is -2.42. The fraction of sp³-hybridized carbons (Fsp3) is 0.652. The zero-order valence-corrected chi connectivity index (χ0v) is 20.7. The molecular formula is C23H34IN3O3. The van der Waals surface area contributed by atoms with Crippen molar-refractivity contribution >= 4 is 40.3 Å². The third-order valence-corrected chi connectivity index (χ3v) is 6.68. The molecule has 1 aliphatic carbocycles. The van der Waals surface area contributed by atoms with Crippen molar-refractivity contribution in [2.75, 3.05) is 38.1 Å². The molecule has 30 heavy (non-hydrogen) atoms. The van der Waals surface area contributed by atoms with Gasteiger partial charge in [0.25, 0.3) is 0 Å². The maximum absolute atomic E-state index is 12.7. The molecule has 7 heteroatoms. The van der Waals surface area contributed by atoms with Crippen LogP contribution in [0.25, 0.3) is 0 Å². The zero-order valence-electron chi connectivity index (χ0n) is 18.6. The predicted molar refractivity (Wildman–Crippen MR) is 128 cm³/mol. The van der Waals surface area contributed by atoms with E-state index >= 15 is 0 Å². The fourth-order valence-electron chi connectivity index (χ4n) is 4.38. The van der Waals surface area contributed by atoms with Crippen LogP contribution in [0.3, 0.4) is 0 Å². The molecule has 1 aromatic rings. The first-order valence-corrected chi connectivity index (χ1v) is 11.9. The zero-order chi connectivity index (χ0) is 21.9. The van der Waals surface area contributed by atoms with Gasteiger partial charge in [-0.05, 0) is 99.2 Å². The molecule has 1 saturated carbocycles. The van der Waals surface area contributed by atoms with Crippen molar-refractivity contribution in [2.45, 2.75) is 58.1 Å². The van der Waals surface area contributed by atoms with E-state index < -0.39 is 11.7 Å². The number of carbonyl (C=O) groups excluding carboxylic acids is 2. The average Bonchev–Trinajstić information content (AvgIpc) is 2.68. The van der Waals surface area contributed by atoms with Crippen LogP contribution in [0.15, 0.2) is 24.3 Å². The van der Waals surface area contributed by atoms with Crippen molar-refractivity contribution in [1.29, 1.82) is 0 Å². The molecule has 2 amide bonds. The van der Waals surface area contributed by atoms with Gasteiger partial charge >= 0.3 is 6.09 Å². The number of hydrogen-bond acceptors (Lipinski definition) is 4. The maximum atomic E-state index is 12.7. The standard InChI is InChI=1S/C23H34IN3O3/c1-23(2,3)30-22(29)26-13-14-27(21(28)16-26)20-9-5-17(6-10-20)15-25(4)19-11-7-18(24)8-12-19/h7-8,11-12,17,20H,5-6,9-10,13-16H2,1-4H3. The van der Waals surface area contributed by atoms with E-state index in [0.717, 1.165) is 32.2 Å². The van der Waals surface area contributed by atoms with Crippen molar-refractivity contribution in [3.8, 4) is 0 Å². The van der Waals surface area contributed by atoms with Gasteiger partial charge in [0.2, 0.25) is 5.91 Å². The molecule has 1 aliphatic heterocycles. The Morgan fingerprint density at radius 1 is 1.13 bits per heavy atom. The van der Waals surface area contributed by atoms with Gasteiger partial charge in [0.1, 0.15) is 12.1 Å². The number of anilines is 1. The number of benzene rings is 1. The van der Waals surface area contributed by atoms with Crippen LogP contribution in [0, 0.1) is 9.49 Å². The van der Waals surface area contributed by atoms with Crippen LogP contribution in [0.2, 0.25) is 0 Å². The minimum Gasteiger partial charge on any atom is -0.444 e. The smallest absolute Gasteiger partial charge is 0.410 e. The largest absolute Gasteiger partial charge is 0.444 e. The molecule has 0 radical (unpaired) electrons. The van der Waals surface area contributed by atoms with E-state index in [0.29, 0.717) is 25.0 Å². The lowest BCUT2D eigenvalue weighted by atomic mass is 9.84. The van der Waals surface area contributed by atoms with Crippen molar-refractivity contribution in [1.82, 2.24) is 9.80 Å². The summed E-state index contributed by atoms with van der Waals surface area (Å²) in [4.78, 5) is 30.8. The summed E-state index contributed by atoms with van der Waals surface area (Å²) in [6.07, 6.45) is 3.97.